The number of carbonyl (C=O) groups is 2. The first-order chi connectivity index (χ1) is 9.38. The summed E-state index contributed by atoms with van der Waals surface area (Å²) < 4.78 is 0. The lowest BCUT2D eigenvalue weighted by Gasteiger charge is -2.35. The zero-order valence-corrected chi connectivity index (χ0v) is 13.3. The summed E-state index contributed by atoms with van der Waals surface area (Å²) in [6.07, 6.45) is 1.48. The fraction of sp³-hybridized carbons (Fsp3) is 0.786. The van der Waals surface area contributed by atoms with Gasteiger partial charge in [0.15, 0.2) is 5.17 Å². The summed E-state index contributed by atoms with van der Waals surface area (Å²) in [6.45, 7) is 7.94. The summed E-state index contributed by atoms with van der Waals surface area (Å²) in [6, 6.07) is 0. The molecule has 0 saturated carbocycles. The maximum absolute atomic E-state index is 12.2. The van der Waals surface area contributed by atoms with Crippen LogP contribution in [0.25, 0.3) is 0 Å². The van der Waals surface area contributed by atoms with Gasteiger partial charge in [0.05, 0.1) is 6.54 Å². The molecule has 5 nitrogen and oxygen atoms in total. The second kappa shape index (κ2) is 6.16. The Morgan fingerprint density at radius 1 is 1.30 bits per heavy atom. The monoisotopic (exact) mass is 297 g/mol. The molecule has 20 heavy (non-hydrogen) atoms. The SMILES string of the molecule is CC(C)(C)C(=O)N1CCC(C(=O)NC2=NCCS2)CC1. The number of hydrogen-bond acceptors (Lipinski definition) is 4. The van der Waals surface area contributed by atoms with Crippen LogP contribution in [0.15, 0.2) is 4.99 Å². The molecule has 0 atom stereocenters. The molecule has 0 spiro atoms. The van der Waals surface area contributed by atoms with E-state index in [0.29, 0.717) is 13.1 Å². The minimum atomic E-state index is -0.343. The lowest BCUT2D eigenvalue weighted by atomic mass is 9.91. The summed E-state index contributed by atoms with van der Waals surface area (Å²) in [5.74, 6) is 1.18. The summed E-state index contributed by atoms with van der Waals surface area (Å²) in [7, 11) is 0. The first-order valence-electron chi connectivity index (χ1n) is 7.15. The molecule has 1 N–H and O–H groups in total. The number of rotatable bonds is 1. The molecule has 2 heterocycles. The fourth-order valence-electron chi connectivity index (χ4n) is 2.44. The zero-order valence-electron chi connectivity index (χ0n) is 12.4. The first-order valence-corrected chi connectivity index (χ1v) is 8.14. The zero-order chi connectivity index (χ0) is 14.8. The van der Waals surface area contributed by atoms with Crippen LogP contribution in [0, 0.1) is 11.3 Å². The maximum Gasteiger partial charge on any atom is 0.229 e. The van der Waals surface area contributed by atoms with Gasteiger partial charge in [-0.1, -0.05) is 32.5 Å². The second-order valence-electron chi connectivity index (χ2n) is 6.34. The van der Waals surface area contributed by atoms with E-state index in [2.05, 4.69) is 10.3 Å². The van der Waals surface area contributed by atoms with E-state index in [9.17, 15) is 9.59 Å². The van der Waals surface area contributed by atoms with Crippen LogP contribution in [0.3, 0.4) is 0 Å². The van der Waals surface area contributed by atoms with Crippen LogP contribution in [-0.4, -0.2) is 47.3 Å². The molecular weight excluding hydrogens is 274 g/mol. The van der Waals surface area contributed by atoms with Crippen LogP contribution in [0.1, 0.15) is 33.6 Å². The van der Waals surface area contributed by atoms with Crippen molar-refractivity contribution in [1.29, 1.82) is 0 Å². The number of thioether (sulfide) groups is 1. The van der Waals surface area contributed by atoms with E-state index >= 15 is 0 Å². The van der Waals surface area contributed by atoms with E-state index < -0.39 is 0 Å². The maximum atomic E-state index is 12.2. The summed E-state index contributed by atoms with van der Waals surface area (Å²) >= 11 is 1.60. The normalized spacial score (nSPS) is 20.8. The smallest absolute Gasteiger partial charge is 0.229 e. The number of carbonyl (C=O) groups excluding carboxylic acids is 2. The Balaban J connectivity index is 1.82. The number of piperidine rings is 1. The predicted molar refractivity (Wildman–Crippen MR) is 81.7 cm³/mol. The molecule has 1 saturated heterocycles. The number of likely N-dealkylation sites (tertiary alicyclic amines) is 1. The molecule has 6 heteroatoms. The highest BCUT2D eigenvalue weighted by Crippen LogP contribution is 2.24. The van der Waals surface area contributed by atoms with E-state index in [0.717, 1.165) is 30.3 Å². The van der Waals surface area contributed by atoms with E-state index in [1.165, 1.54) is 0 Å². The van der Waals surface area contributed by atoms with Gasteiger partial charge in [-0.3, -0.25) is 14.6 Å². The van der Waals surface area contributed by atoms with Gasteiger partial charge in [0, 0.05) is 30.2 Å². The van der Waals surface area contributed by atoms with Crippen molar-refractivity contribution in [2.75, 3.05) is 25.4 Å². The quantitative estimate of drug-likeness (QED) is 0.797. The van der Waals surface area contributed by atoms with Crippen molar-refractivity contribution in [2.24, 2.45) is 16.3 Å². The highest BCUT2D eigenvalue weighted by Gasteiger charge is 2.32. The van der Waals surface area contributed by atoms with Gasteiger partial charge in [-0.25, -0.2) is 0 Å². The van der Waals surface area contributed by atoms with Crippen LogP contribution >= 0.6 is 11.8 Å². The second-order valence-corrected chi connectivity index (χ2v) is 7.42. The number of nitrogens with zero attached hydrogens (tertiary/aromatic N) is 2. The number of amidine groups is 1. The average Bonchev–Trinajstić information content (AvgIpc) is 2.90. The van der Waals surface area contributed by atoms with Gasteiger partial charge < -0.3 is 10.2 Å². The minimum absolute atomic E-state index is 0.00270. The molecule has 112 valence electrons. The average molecular weight is 297 g/mol. The predicted octanol–water partition coefficient (Wildman–Crippen LogP) is 1.49. The molecule has 0 unspecified atom stereocenters. The van der Waals surface area contributed by atoms with E-state index in [1.807, 2.05) is 25.7 Å². The third-order valence-electron chi connectivity index (χ3n) is 3.61. The highest BCUT2D eigenvalue weighted by atomic mass is 32.2. The topological polar surface area (TPSA) is 61.8 Å². The van der Waals surface area contributed by atoms with Crippen molar-refractivity contribution >= 4 is 28.7 Å². The van der Waals surface area contributed by atoms with Crippen molar-refractivity contribution < 1.29 is 9.59 Å². The number of aliphatic imine (C=N–C) groups is 1. The van der Waals surface area contributed by atoms with Gasteiger partial charge >= 0.3 is 0 Å². The molecule has 0 aliphatic carbocycles. The van der Waals surface area contributed by atoms with Gasteiger partial charge in [-0.15, -0.1) is 0 Å². The molecule has 0 bridgehead atoms. The summed E-state index contributed by atoms with van der Waals surface area (Å²) in [5, 5.41) is 3.65. The summed E-state index contributed by atoms with van der Waals surface area (Å²) in [4.78, 5) is 30.4. The van der Waals surface area contributed by atoms with Crippen LogP contribution < -0.4 is 5.32 Å². The van der Waals surface area contributed by atoms with Gasteiger partial charge in [0.1, 0.15) is 0 Å². The Bertz CT molecular complexity index is 421. The molecule has 0 radical (unpaired) electrons. The Morgan fingerprint density at radius 3 is 2.45 bits per heavy atom. The van der Waals surface area contributed by atoms with Gasteiger partial charge in [0.25, 0.3) is 0 Å². The van der Waals surface area contributed by atoms with Crippen molar-refractivity contribution in [3.8, 4) is 0 Å². The molecule has 1 fully saturated rings. The van der Waals surface area contributed by atoms with Crippen LogP contribution in [0.5, 0.6) is 0 Å². The Kier molecular flexibility index (Phi) is 4.73. The summed E-state index contributed by atoms with van der Waals surface area (Å²) in [5.41, 5.74) is -0.343. The lowest BCUT2D eigenvalue weighted by molar-refractivity contribution is -0.142. The Hall–Kier alpha value is -1.04. The van der Waals surface area contributed by atoms with Gasteiger partial charge in [-0.2, -0.15) is 0 Å². The number of amides is 2. The lowest BCUT2D eigenvalue weighted by Crippen LogP contribution is -2.47. The van der Waals surface area contributed by atoms with Crippen molar-refractivity contribution in [1.82, 2.24) is 10.2 Å². The Labute approximate surface area is 124 Å². The van der Waals surface area contributed by atoms with Crippen molar-refractivity contribution in [2.45, 2.75) is 33.6 Å². The third-order valence-corrected chi connectivity index (χ3v) is 4.50. The van der Waals surface area contributed by atoms with Crippen LogP contribution in [0.4, 0.5) is 0 Å². The molecule has 0 aromatic carbocycles. The first kappa shape index (κ1) is 15.4. The largest absolute Gasteiger partial charge is 0.342 e. The van der Waals surface area contributed by atoms with E-state index in [-0.39, 0.29) is 23.1 Å². The molecule has 0 aromatic heterocycles. The van der Waals surface area contributed by atoms with E-state index in [4.69, 9.17) is 0 Å². The molecule has 2 aliphatic heterocycles. The van der Waals surface area contributed by atoms with Gasteiger partial charge in [-0.05, 0) is 12.8 Å². The molecule has 2 rings (SSSR count). The molecule has 0 aromatic rings. The van der Waals surface area contributed by atoms with Gasteiger partial charge in [0.2, 0.25) is 11.8 Å². The Morgan fingerprint density at radius 2 is 1.95 bits per heavy atom. The number of nitrogens with one attached hydrogen (secondary N) is 1. The molecular formula is C14H23N3O2S. The number of hydrogen-bond donors (Lipinski definition) is 1. The van der Waals surface area contributed by atoms with Crippen molar-refractivity contribution in [3.05, 3.63) is 0 Å². The van der Waals surface area contributed by atoms with Crippen LogP contribution in [0.2, 0.25) is 0 Å². The molecule has 2 aliphatic rings. The van der Waals surface area contributed by atoms with E-state index in [1.54, 1.807) is 11.8 Å². The van der Waals surface area contributed by atoms with Crippen LogP contribution in [-0.2, 0) is 9.59 Å². The minimum Gasteiger partial charge on any atom is -0.342 e. The highest BCUT2D eigenvalue weighted by molar-refractivity contribution is 8.14. The standard InChI is InChI=1S/C14H23N3O2S/c1-14(2,3)12(19)17-7-4-10(5-8-17)11(18)16-13-15-6-9-20-13/h10H,4-9H2,1-3H3,(H,15,16,18). The fourth-order valence-corrected chi connectivity index (χ4v) is 3.17. The third kappa shape index (κ3) is 3.75. The van der Waals surface area contributed by atoms with Crippen molar-refractivity contribution in [3.63, 3.8) is 0 Å². The molecule has 2 amide bonds.